The number of amides is 1. The normalized spacial score (nSPS) is 24.3. The Morgan fingerprint density at radius 2 is 1.96 bits per heavy atom. The third-order valence-corrected chi connectivity index (χ3v) is 4.56. The third kappa shape index (κ3) is 3.26. The lowest BCUT2D eigenvalue weighted by molar-refractivity contribution is -0.158. The first-order valence-electron chi connectivity index (χ1n) is 7.72. The fraction of sp³-hybridized carbons (Fsp3) is 0.562. The number of piperazine rings is 1. The zero-order valence-corrected chi connectivity index (χ0v) is 13.0. The quantitative estimate of drug-likeness (QED) is 0.861. The minimum atomic E-state index is -4.41. The molecule has 2 aliphatic heterocycles. The molecule has 0 spiro atoms. The monoisotopic (exact) mass is 344 g/mol. The van der Waals surface area contributed by atoms with Gasteiger partial charge < -0.3 is 15.2 Å². The van der Waals surface area contributed by atoms with E-state index in [1.54, 1.807) is 0 Å². The summed E-state index contributed by atoms with van der Waals surface area (Å²) in [6.07, 6.45) is -4.41. The van der Waals surface area contributed by atoms with E-state index in [0.29, 0.717) is 38.4 Å². The number of ether oxygens (including phenoxy) is 1. The van der Waals surface area contributed by atoms with E-state index in [0.717, 1.165) is 12.1 Å². The molecule has 2 heterocycles. The van der Waals surface area contributed by atoms with Crippen LogP contribution in [0, 0.1) is 5.41 Å². The Morgan fingerprint density at radius 1 is 1.29 bits per heavy atom. The molecule has 0 bridgehead atoms. The van der Waals surface area contributed by atoms with Crippen LogP contribution in [-0.4, -0.2) is 55.4 Å². The molecule has 0 radical (unpaired) electrons. The van der Waals surface area contributed by atoms with E-state index in [4.69, 9.17) is 4.74 Å². The minimum Gasteiger partial charge on any atom is -0.396 e. The number of aliphatic hydroxyl groups excluding tert-OH is 1. The van der Waals surface area contributed by atoms with Gasteiger partial charge in [-0.1, -0.05) is 12.1 Å². The highest BCUT2D eigenvalue weighted by Crippen LogP contribution is 2.34. The maximum atomic E-state index is 12.7. The molecule has 0 aliphatic carbocycles. The van der Waals surface area contributed by atoms with E-state index < -0.39 is 23.2 Å². The highest BCUT2D eigenvalue weighted by molar-refractivity contribution is 5.84. The highest BCUT2D eigenvalue weighted by atomic mass is 19.4. The van der Waals surface area contributed by atoms with Crippen molar-refractivity contribution in [3.63, 3.8) is 0 Å². The summed E-state index contributed by atoms with van der Waals surface area (Å²) in [6.45, 7) is 2.29. The molecule has 1 aromatic rings. The first-order chi connectivity index (χ1) is 11.3. The van der Waals surface area contributed by atoms with Crippen molar-refractivity contribution in [3.8, 4) is 0 Å². The van der Waals surface area contributed by atoms with Crippen molar-refractivity contribution in [2.75, 3.05) is 39.5 Å². The number of nitrogens with zero attached hydrogens (tertiary/aromatic N) is 1. The minimum absolute atomic E-state index is 0.0507. The fourth-order valence-electron chi connectivity index (χ4n) is 3.16. The number of halogens is 3. The van der Waals surface area contributed by atoms with Crippen molar-refractivity contribution in [1.29, 1.82) is 0 Å². The van der Waals surface area contributed by atoms with Crippen molar-refractivity contribution in [2.45, 2.75) is 12.2 Å². The van der Waals surface area contributed by atoms with Crippen LogP contribution in [-0.2, 0) is 15.7 Å². The summed E-state index contributed by atoms with van der Waals surface area (Å²) in [4.78, 5) is 14.2. The summed E-state index contributed by atoms with van der Waals surface area (Å²) < 4.78 is 43.3. The van der Waals surface area contributed by atoms with E-state index in [1.807, 2.05) is 4.90 Å². The molecule has 24 heavy (non-hydrogen) atoms. The Kier molecular flexibility index (Phi) is 4.54. The first-order valence-corrected chi connectivity index (χ1v) is 7.72. The molecule has 2 fully saturated rings. The van der Waals surface area contributed by atoms with Crippen LogP contribution in [0.3, 0.4) is 0 Å². The predicted octanol–water partition coefficient (Wildman–Crippen LogP) is 1.19. The lowest BCUT2D eigenvalue weighted by Gasteiger charge is -2.46. The third-order valence-electron chi connectivity index (χ3n) is 4.56. The van der Waals surface area contributed by atoms with E-state index in [9.17, 15) is 23.1 Å². The van der Waals surface area contributed by atoms with Gasteiger partial charge in [-0.25, -0.2) is 0 Å². The number of benzene rings is 1. The van der Waals surface area contributed by atoms with Crippen LogP contribution < -0.4 is 5.32 Å². The molecule has 132 valence electrons. The van der Waals surface area contributed by atoms with Crippen LogP contribution in [0.15, 0.2) is 24.3 Å². The molecular weight excluding hydrogens is 325 g/mol. The van der Waals surface area contributed by atoms with Gasteiger partial charge in [0.1, 0.15) is 6.04 Å². The average molecular weight is 344 g/mol. The van der Waals surface area contributed by atoms with Crippen LogP contribution in [0.25, 0.3) is 0 Å². The largest absolute Gasteiger partial charge is 0.416 e. The number of aliphatic hydroxyl groups is 1. The van der Waals surface area contributed by atoms with Gasteiger partial charge in [-0.05, 0) is 17.7 Å². The van der Waals surface area contributed by atoms with E-state index in [2.05, 4.69) is 5.32 Å². The maximum Gasteiger partial charge on any atom is 0.416 e. The van der Waals surface area contributed by atoms with Crippen molar-refractivity contribution >= 4 is 5.91 Å². The highest BCUT2D eigenvalue weighted by Gasteiger charge is 2.43. The van der Waals surface area contributed by atoms with Crippen LogP contribution in [0.2, 0.25) is 0 Å². The second-order valence-corrected chi connectivity index (χ2v) is 6.43. The molecule has 1 amide bonds. The van der Waals surface area contributed by atoms with Gasteiger partial charge in [-0.3, -0.25) is 9.69 Å². The zero-order valence-electron chi connectivity index (χ0n) is 13.0. The van der Waals surface area contributed by atoms with Gasteiger partial charge in [0.2, 0.25) is 5.91 Å². The molecule has 1 aromatic carbocycles. The second-order valence-electron chi connectivity index (χ2n) is 6.43. The van der Waals surface area contributed by atoms with Crippen molar-refractivity contribution in [3.05, 3.63) is 35.4 Å². The first kappa shape index (κ1) is 17.2. The average Bonchev–Trinajstić information content (AvgIpc) is 2.50. The van der Waals surface area contributed by atoms with Crippen LogP contribution in [0.1, 0.15) is 17.2 Å². The lowest BCUT2D eigenvalue weighted by atomic mass is 9.85. The summed E-state index contributed by atoms with van der Waals surface area (Å²) in [5.41, 5.74) is -0.635. The Balaban J connectivity index is 1.83. The number of alkyl halides is 3. The molecular formula is C16H19F3N2O3. The number of hydrogen-bond donors (Lipinski definition) is 2. The molecule has 1 atom stereocenters. The number of hydrogen-bond acceptors (Lipinski definition) is 4. The van der Waals surface area contributed by atoms with Gasteiger partial charge in [0, 0.05) is 19.6 Å². The lowest BCUT2D eigenvalue weighted by Crippen LogP contribution is -2.58. The molecule has 8 heteroatoms. The van der Waals surface area contributed by atoms with Gasteiger partial charge in [-0.2, -0.15) is 13.2 Å². The fourth-order valence-corrected chi connectivity index (χ4v) is 3.16. The number of carbonyl (C=O) groups excluding carboxylic acids is 1. The molecule has 0 aromatic heterocycles. The number of nitrogens with one attached hydrogen (secondary N) is 1. The summed E-state index contributed by atoms with van der Waals surface area (Å²) >= 11 is 0. The molecule has 0 saturated carbocycles. The van der Waals surface area contributed by atoms with E-state index >= 15 is 0 Å². The Hall–Kier alpha value is -1.64. The smallest absolute Gasteiger partial charge is 0.396 e. The van der Waals surface area contributed by atoms with Crippen LogP contribution in [0.4, 0.5) is 13.2 Å². The van der Waals surface area contributed by atoms with E-state index in [-0.39, 0.29) is 12.5 Å². The standard InChI is InChI=1S/C16H19F3N2O3/c17-16(18,19)12-3-1-11(2-4-12)13-14(23)20-5-6-21(13)7-15(8-22)9-24-10-15/h1-4,13,22H,5-10H2,(H,20,23). The van der Waals surface area contributed by atoms with Crippen LogP contribution >= 0.6 is 0 Å². The number of rotatable bonds is 4. The van der Waals surface area contributed by atoms with Gasteiger partial charge in [0.05, 0.1) is 30.8 Å². The topological polar surface area (TPSA) is 61.8 Å². The SMILES string of the molecule is O=C1NCCN(CC2(CO)COC2)C1c1ccc(C(F)(F)F)cc1. The summed E-state index contributed by atoms with van der Waals surface area (Å²) in [5.74, 6) is -0.241. The second kappa shape index (κ2) is 6.34. The summed E-state index contributed by atoms with van der Waals surface area (Å²) in [5, 5.41) is 12.3. The van der Waals surface area contributed by atoms with Crippen molar-refractivity contribution in [1.82, 2.24) is 10.2 Å². The Labute approximate surface area is 137 Å². The molecule has 2 N–H and O–H groups in total. The molecule has 2 saturated heterocycles. The Bertz CT molecular complexity index is 594. The summed E-state index contributed by atoms with van der Waals surface area (Å²) in [7, 11) is 0. The van der Waals surface area contributed by atoms with Gasteiger partial charge >= 0.3 is 6.18 Å². The molecule has 5 nitrogen and oxygen atoms in total. The molecule has 2 aliphatic rings. The zero-order chi connectivity index (χ0) is 17.4. The van der Waals surface area contributed by atoms with E-state index in [1.165, 1.54) is 12.1 Å². The van der Waals surface area contributed by atoms with Gasteiger partial charge in [0.25, 0.3) is 0 Å². The van der Waals surface area contributed by atoms with Crippen LogP contribution in [0.5, 0.6) is 0 Å². The number of carbonyl (C=O) groups is 1. The Morgan fingerprint density at radius 3 is 2.46 bits per heavy atom. The van der Waals surface area contributed by atoms with Gasteiger partial charge in [-0.15, -0.1) is 0 Å². The van der Waals surface area contributed by atoms with Gasteiger partial charge in [0.15, 0.2) is 0 Å². The summed E-state index contributed by atoms with van der Waals surface area (Å²) in [6, 6.07) is 4.00. The van der Waals surface area contributed by atoms with Crippen molar-refractivity contribution < 1.29 is 27.8 Å². The van der Waals surface area contributed by atoms with Crippen molar-refractivity contribution in [2.24, 2.45) is 5.41 Å². The predicted molar refractivity (Wildman–Crippen MR) is 79.1 cm³/mol. The molecule has 1 unspecified atom stereocenters. The maximum absolute atomic E-state index is 12.7. The molecule has 3 rings (SSSR count).